The van der Waals surface area contributed by atoms with Gasteiger partial charge in [-0.2, -0.15) is 0 Å². The molecule has 4 heteroatoms. The predicted octanol–water partition coefficient (Wildman–Crippen LogP) is 3.48. The van der Waals surface area contributed by atoms with Crippen molar-refractivity contribution in [2.45, 2.75) is 32.1 Å². The van der Waals surface area contributed by atoms with Gasteiger partial charge in [0.25, 0.3) is 0 Å². The fourth-order valence-corrected chi connectivity index (χ4v) is 2.39. The second-order valence-electron chi connectivity index (χ2n) is 4.73. The van der Waals surface area contributed by atoms with Crippen molar-refractivity contribution in [3.05, 3.63) is 29.6 Å². The fourth-order valence-electron chi connectivity index (χ4n) is 2.39. The molecule has 0 aliphatic heterocycles. The molecule has 1 aliphatic carbocycles. The average Bonchev–Trinajstić information content (AvgIpc) is 2.37. The van der Waals surface area contributed by atoms with Gasteiger partial charge in [-0.15, -0.1) is 0 Å². The molecule has 1 aromatic carbocycles. The molecular formula is C14H17FO3. The van der Waals surface area contributed by atoms with Gasteiger partial charge in [-0.3, -0.25) is 0 Å². The monoisotopic (exact) mass is 252 g/mol. The van der Waals surface area contributed by atoms with Gasteiger partial charge in [-0.1, -0.05) is 25.3 Å². The van der Waals surface area contributed by atoms with Crippen molar-refractivity contribution in [3.8, 4) is 5.75 Å². The van der Waals surface area contributed by atoms with E-state index in [1.807, 2.05) is 0 Å². The third-order valence-corrected chi connectivity index (χ3v) is 3.39. The van der Waals surface area contributed by atoms with E-state index in [-0.39, 0.29) is 11.3 Å². The molecule has 3 nitrogen and oxygen atoms in total. The molecule has 1 fully saturated rings. The highest BCUT2D eigenvalue weighted by atomic mass is 19.1. The number of ether oxygens (including phenoxy) is 1. The first-order valence-corrected chi connectivity index (χ1v) is 6.33. The van der Waals surface area contributed by atoms with Crippen molar-refractivity contribution in [2.75, 3.05) is 6.61 Å². The van der Waals surface area contributed by atoms with Crippen LogP contribution >= 0.6 is 0 Å². The largest absolute Gasteiger partial charge is 0.492 e. The molecule has 0 unspecified atom stereocenters. The summed E-state index contributed by atoms with van der Waals surface area (Å²) in [4.78, 5) is 11.0. The van der Waals surface area contributed by atoms with Gasteiger partial charge >= 0.3 is 5.97 Å². The van der Waals surface area contributed by atoms with Crippen LogP contribution in [0.15, 0.2) is 18.2 Å². The van der Waals surface area contributed by atoms with Crippen LogP contribution in [-0.2, 0) is 0 Å². The molecule has 1 N–H and O–H groups in total. The molecule has 0 amide bonds. The second kappa shape index (κ2) is 5.85. The molecule has 0 atom stereocenters. The van der Waals surface area contributed by atoms with Crippen LogP contribution in [0.2, 0.25) is 0 Å². The maximum atomic E-state index is 13.4. The summed E-state index contributed by atoms with van der Waals surface area (Å²) in [5, 5.41) is 8.96. The lowest BCUT2D eigenvalue weighted by atomic mass is 9.90. The predicted molar refractivity (Wildman–Crippen MR) is 65.4 cm³/mol. The Morgan fingerprint density at radius 2 is 2.06 bits per heavy atom. The van der Waals surface area contributed by atoms with Crippen LogP contribution in [0.4, 0.5) is 4.39 Å². The minimum atomic E-state index is -1.29. The summed E-state index contributed by atoms with van der Waals surface area (Å²) in [5.41, 5.74) is -0.367. The number of rotatable bonds is 4. The van der Waals surface area contributed by atoms with Gasteiger partial charge in [-0.05, 0) is 30.9 Å². The van der Waals surface area contributed by atoms with E-state index in [9.17, 15) is 9.18 Å². The molecule has 1 saturated carbocycles. The van der Waals surface area contributed by atoms with Crippen molar-refractivity contribution in [1.82, 2.24) is 0 Å². The fraction of sp³-hybridized carbons (Fsp3) is 0.500. The van der Waals surface area contributed by atoms with Crippen LogP contribution in [0.1, 0.15) is 42.5 Å². The van der Waals surface area contributed by atoms with Gasteiger partial charge in [0, 0.05) is 0 Å². The van der Waals surface area contributed by atoms with E-state index < -0.39 is 11.8 Å². The molecule has 0 spiro atoms. The third kappa shape index (κ3) is 3.00. The number of carboxylic acid groups (broad SMARTS) is 1. The van der Waals surface area contributed by atoms with Crippen molar-refractivity contribution in [1.29, 1.82) is 0 Å². The Balaban J connectivity index is 2.04. The van der Waals surface area contributed by atoms with E-state index in [0.717, 1.165) is 18.9 Å². The first-order valence-electron chi connectivity index (χ1n) is 6.33. The Morgan fingerprint density at radius 1 is 1.33 bits per heavy atom. The summed E-state index contributed by atoms with van der Waals surface area (Å²) in [7, 11) is 0. The number of hydrogen-bond donors (Lipinski definition) is 1. The van der Waals surface area contributed by atoms with Crippen molar-refractivity contribution in [2.24, 2.45) is 5.92 Å². The number of halogens is 1. The van der Waals surface area contributed by atoms with E-state index in [1.165, 1.54) is 31.4 Å². The van der Waals surface area contributed by atoms with Gasteiger partial charge in [-0.25, -0.2) is 9.18 Å². The maximum absolute atomic E-state index is 13.4. The molecule has 0 aromatic heterocycles. The quantitative estimate of drug-likeness (QED) is 0.892. The highest BCUT2D eigenvalue weighted by Gasteiger charge is 2.19. The summed E-state index contributed by atoms with van der Waals surface area (Å²) in [6, 6.07) is 4.12. The summed E-state index contributed by atoms with van der Waals surface area (Å²) in [5.74, 6) is -1.44. The highest BCUT2D eigenvalue weighted by molar-refractivity contribution is 5.91. The molecule has 2 rings (SSSR count). The van der Waals surface area contributed by atoms with Crippen molar-refractivity contribution in [3.63, 3.8) is 0 Å². The van der Waals surface area contributed by atoms with Gasteiger partial charge in [0.1, 0.15) is 17.1 Å². The first-order chi connectivity index (χ1) is 8.68. The molecule has 1 aliphatic rings. The molecule has 0 saturated heterocycles. The standard InChI is InChI=1S/C14H17FO3/c15-11-7-4-8-12(13(11)14(16)17)18-9-10-5-2-1-3-6-10/h4,7-8,10H,1-3,5-6,9H2,(H,16,17). The van der Waals surface area contributed by atoms with E-state index in [0.29, 0.717) is 12.5 Å². The van der Waals surface area contributed by atoms with Gasteiger partial charge in [0.15, 0.2) is 0 Å². The average molecular weight is 252 g/mol. The molecule has 1 aromatic rings. The Kier molecular flexibility index (Phi) is 4.18. The second-order valence-corrected chi connectivity index (χ2v) is 4.73. The van der Waals surface area contributed by atoms with Crippen LogP contribution in [0, 0.1) is 11.7 Å². The van der Waals surface area contributed by atoms with Crippen LogP contribution < -0.4 is 4.74 Å². The van der Waals surface area contributed by atoms with E-state index in [4.69, 9.17) is 9.84 Å². The van der Waals surface area contributed by atoms with E-state index in [2.05, 4.69) is 0 Å². The van der Waals surface area contributed by atoms with Gasteiger partial charge in [0.05, 0.1) is 6.61 Å². The lowest BCUT2D eigenvalue weighted by Gasteiger charge is -2.22. The van der Waals surface area contributed by atoms with Crippen LogP contribution in [-0.4, -0.2) is 17.7 Å². The molecule has 18 heavy (non-hydrogen) atoms. The normalized spacial score (nSPS) is 16.5. The Labute approximate surface area is 106 Å². The first kappa shape index (κ1) is 12.9. The van der Waals surface area contributed by atoms with Crippen LogP contribution in [0.25, 0.3) is 0 Å². The minimum Gasteiger partial charge on any atom is -0.492 e. The summed E-state index contributed by atoms with van der Waals surface area (Å²) in [6.45, 7) is 0.476. The summed E-state index contributed by atoms with van der Waals surface area (Å²) >= 11 is 0. The maximum Gasteiger partial charge on any atom is 0.342 e. The van der Waals surface area contributed by atoms with Gasteiger partial charge < -0.3 is 9.84 Å². The number of carbonyl (C=O) groups is 1. The van der Waals surface area contributed by atoms with E-state index >= 15 is 0 Å². The minimum absolute atomic E-state index is 0.132. The summed E-state index contributed by atoms with van der Waals surface area (Å²) in [6.07, 6.45) is 5.87. The van der Waals surface area contributed by atoms with Crippen molar-refractivity contribution < 1.29 is 19.0 Å². The van der Waals surface area contributed by atoms with Crippen molar-refractivity contribution >= 4 is 5.97 Å². The Morgan fingerprint density at radius 3 is 2.72 bits per heavy atom. The molecule has 0 bridgehead atoms. The highest BCUT2D eigenvalue weighted by Crippen LogP contribution is 2.26. The zero-order chi connectivity index (χ0) is 13.0. The number of hydrogen-bond acceptors (Lipinski definition) is 2. The number of aromatic carboxylic acids is 1. The van der Waals surface area contributed by atoms with Crippen LogP contribution in [0.5, 0.6) is 5.75 Å². The molecule has 0 heterocycles. The smallest absolute Gasteiger partial charge is 0.342 e. The number of benzene rings is 1. The summed E-state index contributed by atoms with van der Waals surface area (Å²) < 4.78 is 18.9. The van der Waals surface area contributed by atoms with Gasteiger partial charge in [0.2, 0.25) is 0 Å². The van der Waals surface area contributed by atoms with Crippen LogP contribution in [0.3, 0.4) is 0 Å². The molecule has 98 valence electrons. The lowest BCUT2D eigenvalue weighted by molar-refractivity contribution is 0.0685. The number of carboxylic acids is 1. The van der Waals surface area contributed by atoms with E-state index in [1.54, 1.807) is 0 Å². The SMILES string of the molecule is O=C(O)c1c(F)cccc1OCC1CCCCC1. The molecular weight excluding hydrogens is 235 g/mol. The Bertz CT molecular complexity index is 425. The lowest BCUT2D eigenvalue weighted by Crippen LogP contribution is -2.16. The zero-order valence-electron chi connectivity index (χ0n) is 10.2. The molecule has 0 radical (unpaired) electrons. The zero-order valence-corrected chi connectivity index (χ0v) is 10.2. The third-order valence-electron chi connectivity index (χ3n) is 3.39. The topological polar surface area (TPSA) is 46.5 Å². The Hall–Kier alpha value is -1.58.